The Balaban J connectivity index is 1.05. The van der Waals surface area contributed by atoms with Gasteiger partial charge in [-0.2, -0.15) is 0 Å². The van der Waals surface area contributed by atoms with Crippen LogP contribution in [-0.2, 0) is 28.4 Å². The standard InChI is InChI=1S/C39H66O14/c1-17(2)14-39(48-6)18(3)25-33(53-39)29(44)26-21-8-7-19-13-20(9-11-37(19,4)22(21)10-12-38(25,26)5)49-36-34(31(46)28(43)24(16-41)51-36)52-35-32(47)30(45)27(42)23(15-40)50-35/h17-36,40-47H,7-16H2,1-6H3/t18?,19-,20?,21?,22?,23-,24-,25?,26?,27-,28+,29?,30+,31+,32-,33?,34-,35+,36-,37+,38-,39?/m1/s1. The number of hydrogen-bond donors (Lipinski definition) is 8. The summed E-state index contributed by atoms with van der Waals surface area (Å²) in [5.41, 5.74) is -0.0146. The number of aliphatic hydroxyl groups is 8. The molecule has 0 bridgehead atoms. The van der Waals surface area contributed by atoms with Crippen LogP contribution in [0.3, 0.4) is 0 Å². The lowest BCUT2D eigenvalue weighted by Crippen LogP contribution is -2.65. The van der Waals surface area contributed by atoms with E-state index in [1.54, 1.807) is 7.11 Å². The summed E-state index contributed by atoms with van der Waals surface area (Å²) >= 11 is 0. The van der Waals surface area contributed by atoms with E-state index in [2.05, 4.69) is 34.6 Å². The minimum Gasteiger partial charge on any atom is -0.394 e. The first-order chi connectivity index (χ1) is 25.0. The summed E-state index contributed by atoms with van der Waals surface area (Å²) in [5, 5.41) is 84.8. The number of rotatable bonds is 9. The monoisotopic (exact) mass is 758 g/mol. The largest absolute Gasteiger partial charge is 0.394 e. The van der Waals surface area contributed by atoms with Crippen LogP contribution in [-0.4, -0.2) is 147 Å². The van der Waals surface area contributed by atoms with Crippen LogP contribution >= 0.6 is 0 Å². The van der Waals surface area contributed by atoms with E-state index in [1.165, 1.54) is 0 Å². The first-order valence-electron chi connectivity index (χ1n) is 20.2. The molecule has 0 radical (unpaired) electrons. The molecule has 4 saturated carbocycles. The van der Waals surface area contributed by atoms with Gasteiger partial charge in [-0.3, -0.25) is 0 Å². The Morgan fingerprint density at radius 3 is 2.00 bits per heavy atom. The van der Waals surface area contributed by atoms with Crippen LogP contribution in [0.15, 0.2) is 0 Å². The molecule has 4 aliphatic carbocycles. The topological polar surface area (TPSA) is 217 Å². The van der Waals surface area contributed by atoms with Crippen molar-refractivity contribution in [1.82, 2.24) is 0 Å². The number of methoxy groups -OCH3 is 1. The molecule has 0 aromatic rings. The van der Waals surface area contributed by atoms with Gasteiger partial charge in [0.2, 0.25) is 0 Å². The Labute approximate surface area is 313 Å². The Morgan fingerprint density at radius 2 is 1.36 bits per heavy atom. The molecule has 7 rings (SSSR count). The van der Waals surface area contributed by atoms with E-state index in [1.807, 2.05) is 0 Å². The van der Waals surface area contributed by atoms with Gasteiger partial charge in [0.05, 0.1) is 31.5 Å². The van der Waals surface area contributed by atoms with Crippen molar-refractivity contribution in [3.05, 3.63) is 0 Å². The fourth-order valence-corrected chi connectivity index (χ4v) is 13.0. The molecule has 14 heteroatoms. The molecular weight excluding hydrogens is 692 g/mol. The van der Waals surface area contributed by atoms with Crippen molar-refractivity contribution in [2.45, 2.75) is 171 Å². The lowest BCUT2D eigenvalue weighted by molar-refractivity contribution is -0.373. The van der Waals surface area contributed by atoms with Crippen LogP contribution < -0.4 is 0 Å². The average Bonchev–Trinajstić information content (AvgIpc) is 3.54. The molecule has 0 aromatic heterocycles. The third kappa shape index (κ3) is 6.47. The first-order valence-corrected chi connectivity index (χ1v) is 20.2. The van der Waals surface area contributed by atoms with E-state index < -0.39 is 86.5 Å². The highest BCUT2D eigenvalue weighted by Gasteiger charge is 2.72. The fourth-order valence-electron chi connectivity index (χ4n) is 13.0. The lowest BCUT2D eigenvalue weighted by atomic mass is 9.44. The first kappa shape index (κ1) is 40.6. The number of ether oxygens (including phenoxy) is 6. The van der Waals surface area contributed by atoms with E-state index in [-0.39, 0.29) is 40.8 Å². The third-order valence-corrected chi connectivity index (χ3v) is 15.6. The fraction of sp³-hybridized carbons (Fsp3) is 1.00. The molecular formula is C39H66O14. The maximum absolute atomic E-state index is 12.1. The van der Waals surface area contributed by atoms with E-state index >= 15 is 0 Å². The molecule has 7 fully saturated rings. The Hall–Kier alpha value is -0.560. The average molecular weight is 759 g/mol. The predicted octanol–water partition coefficient (Wildman–Crippen LogP) is 0.659. The molecule has 9 unspecified atom stereocenters. The lowest BCUT2D eigenvalue weighted by Gasteiger charge is -2.61. The molecule has 0 spiro atoms. The van der Waals surface area contributed by atoms with E-state index in [4.69, 9.17) is 28.4 Å². The zero-order chi connectivity index (χ0) is 38.4. The maximum atomic E-state index is 12.1. The van der Waals surface area contributed by atoms with Gasteiger partial charge in [-0.1, -0.05) is 34.6 Å². The van der Waals surface area contributed by atoms with Crippen LogP contribution in [0.4, 0.5) is 0 Å². The highest BCUT2D eigenvalue weighted by Crippen LogP contribution is 2.71. The van der Waals surface area contributed by atoms with Gasteiger partial charge in [-0.25, -0.2) is 0 Å². The maximum Gasteiger partial charge on any atom is 0.187 e. The Kier molecular flexibility index (Phi) is 11.5. The zero-order valence-corrected chi connectivity index (χ0v) is 32.1. The van der Waals surface area contributed by atoms with Crippen LogP contribution in [0.25, 0.3) is 0 Å². The van der Waals surface area contributed by atoms with Crippen LogP contribution in [0.1, 0.15) is 86.0 Å². The Morgan fingerprint density at radius 1 is 0.717 bits per heavy atom. The highest BCUT2D eigenvalue weighted by molar-refractivity contribution is 5.18. The molecule has 14 nitrogen and oxygen atoms in total. The smallest absolute Gasteiger partial charge is 0.187 e. The summed E-state index contributed by atoms with van der Waals surface area (Å²) in [7, 11) is 1.75. The second-order valence-corrected chi connectivity index (χ2v) is 18.7. The molecule has 7 aliphatic rings. The van der Waals surface area contributed by atoms with Gasteiger partial charge in [0.25, 0.3) is 0 Å². The summed E-state index contributed by atoms with van der Waals surface area (Å²) in [4.78, 5) is 0. The quantitative estimate of drug-likeness (QED) is 0.152. The van der Waals surface area contributed by atoms with Gasteiger partial charge in [-0.15, -0.1) is 0 Å². The minimum atomic E-state index is -1.73. The van der Waals surface area contributed by atoms with Gasteiger partial charge >= 0.3 is 0 Å². The van der Waals surface area contributed by atoms with Crippen molar-refractivity contribution in [2.75, 3.05) is 20.3 Å². The molecule has 0 amide bonds. The predicted molar refractivity (Wildman–Crippen MR) is 186 cm³/mol. The van der Waals surface area contributed by atoms with Crippen molar-refractivity contribution in [3.8, 4) is 0 Å². The highest BCUT2D eigenvalue weighted by atomic mass is 16.8. The third-order valence-electron chi connectivity index (χ3n) is 15.6. The normalized spacial score (nSPS) is 56.8. The molecule has 8 N–H and O–H groups in total. The Bertz CT molecular complexity index is 1270. The van der Waals surface area contributed by atoms with E-state index in [9.17, 15) is 40.9 Å². The summed E-state index contributed by atoms with van der Waals surface area (Å²) in [6, 6.07) is 0. The van der Waals surface area contributed by atoms with Crippen molar-refractivity contribution >= 4 is 0 Å². The van der Waals surface area contributed by atoms with E-state index in [0.717, 1.165) is 44.9 Å². The van der Waals surface area contributed by atoms with Crippen LogP contribution in [0.2, 0.25) is 0 Å². The van der Waals surface area contributed by atoms with Crippen LogP contribution in [0.5, 0.6) is 0 Å². The number of aliphatic hydroxyl groups excluding tert-OH is 8. The van der Waals surface area contributed by atoms with Gasteiger partial charge in [0, 0.05) is 25.4 Å². The molecule has 53 heavy (non-hydrogen) atoms. The van der Waals surface area contributed by atoms with Gasteiger partial charge < -0.3 is 69.3 Å². The van der Waals surface area contributed by atoms with E-state index in [0.29, 0.717) is 30.1 Å². The zero-order valence-electron chi connectivity index (χ0n) is 32.1. The van der Waals surface area contributed by atoms with Crippen molar-refractivity contribution < 1.29 is 69.3 Å². The van der Waals surface area contributed by atoms with Crippen molar-refractivity contribution in [3.63, 3.8) is 0 Å². The molecule has 306 valence electrons. The molecule has 3 saturated heterocycles. The van der Waals surface area contributed by atoms with Gasteiger partial charge in [0.1, 0.15) is 48.8 Å². The molecule has 3 aliphatic heterocycles. The summed E-state index contributed by atoms with van der Waals surface area (Å²) in [6.45, 7) is 10.2. The molecule has 22 atom stereocenters. The van der Waals surface area contributed by atoms with Crippen molar-refractivity contribution in [2.24, 2.45) is 52.3 Å². The second kappa shape index (κ2) is 15.0. The van der Waals surface area contributed by atoms with Crippen molar-refractivity contribution in [1.29, 1.82) is 0 Å². The SMILES string of the molecule is COC1(CC(C)C)OC2C(O)C3C4CC[C@@H]5CC(O[C@@H]6O[C@H](CO)[C@H](O)[C@H](O)[C@H]6O[C@@H]6O[C@H](CO)[C@@H](O)[C@H](O)[C@H]6O)CC[C@]5(C)C4CC[C@]3(C)C2C1C. The van der Waals surface area contributed by atoms with Gasteiger partial charge in [-0.05, 0) is 85.4 Å². The summed E-state index contributed by atoms with van der Waals surface area (Å²) < 4.78 is 36.9. The second-order valence-electron chi connectivity index (χ2n) is 18.7. The molecule has 3 heterocycles. The van der Waals surface area contributed by atoms with Gasteiger partial charge in [0.15, 0.2) is 18.4 Å². The minimum absolute atomic E-state index is 0.0327. The van der Waals surface area contributed by atoms with Crippen LogP contribution in [0, 0.1) is 52.3 Å². The molecule has 0 aromatic carbocycles. The summed E-state index contributed by atoms with van der Waals surface area (Å²) in [6.07, 6.45) is -8.65. The number of fused-ring (bicyclic) bond motifs is 7. The summed E-state index contributed by atoms with van der Waals surface area (Å²) in [5.74, 6) is 1.43. The number of hydrogen-bond acceptors (Lipinski definition) is 14.